The van der Waals surface area contributed by atoms with Gasteiger partial charge in [0.15, 0.2) is 5.11 Å². The maximum atomic E-state index is 11.0. The molecule has 0 spiro atoms. The zero-order valence-corrected chi connectivity index (χ0v) is 26.7. The highest BCUT2D eigenvalue weighted by molar-refractivity contribution is 7.99. The number of para-hydroxylation sites is 1. The molecule has 0 aliphatic carbocycles. The van der Waals surface area contributed by atoms with Crippen LogP contribution in [0.5, 0.6) is 0 Å². The normalized spacial score (nSPS) is 16.3. The summed E-state index contributed by atoms with van der Waals surface area (Å²) in [5.41, 5.74) is 9.36. The Balaban J connectivity index is 1.40. The van der Waals surface area contributed by atoms with Crippen LogP contribution in [-0.4, -0.2) is 19.6 Å². The van der Waals surface area contributed by atoms with Crippen molar-refractivity contribution in [3.8, 4) is 5.69 Å². The zero-order chi connectivity index (χ0) is 31.0. The summed E-state index contributed by atoms with van der Waals surface area (Å²) in [5.74, 6) is 0. The van der Waals surface area contributed by atoms with Crippen molar-refractivity contribution in [3.05, 3.63) is 141 Å². The number of nitrogens with zero attached hydrogens (tertiary/aromatic N) is 4. The summed E-state index contributed by atoms with van der Waals surface area (Å²) < 4.78 is 2.39. The van der Waals surface area contributed by atoms with Crippen LogP contribution < -0.4 is 10.2 Å². The van der Waals surface area contributed by atoms with E-state index in [0.29, 0.717) is 5.11 Å². The molecule has 1 aliphatic rings. The van der Waals surface area contributed by atoms with Gasteiger partial charge in [0.2, 0.25) is 0 Å². The molecule has 0 bridgehead atoms. The maximum Gasteiger partial charge on any atom is 0.269 e. The fourth-order valence-electron chi connectivity index (χ4n) is 6.15. The average molecular weight is 620 g/mol. The molecule has 2 atom stereocenters. The summed E-state index contributed by atoms with van der Waals surface area (Å²) in [6, 6.07) is 29.5. The first-order chi connectivity index (χ1) is 21.3. The zero-order valence-electron chi connectivity index (χ0n) is 25.0. The number of nitrogens with one attached hydrogen (secondary N) is 1. The lowest BCUT2D eigenvalue weighted by Gasteiger charge is -2.28. The number of thiocarbonyl (C=S) groups is 1. The van der Waals surface area contributed by atoms with E-state index in [1.165, 1.54) is 45.9 Å². The number of hydrogen-bond donors (Lipinski definition) is 1. The molecule has 7 nitrogen and oxygen atoms in total. The van der Waals surface area contributed by atoms with Gasteiger partial charge in [0.05, 0.1) is 28.4 Å². The quantitative estimate of drug-likeness (QED) is 0.106. The van der Waals surface area contributed by atoms with Gasteiger partial charge in [-0.05, 0) is 111 Å². The van der Waals surface area contributed by atoms with Gasteiger partial charge in [-0.1, -0.05) is 43.0 Å². The molecular formula is C35H33N5O2S2. The molecule has 9 heteroatoms. The van der Waals surface area contributed by atoms with Crippen LogP contribution in [0.4, 0.5) is 11.4 Å². The second-order valence-electron chi connectivity index (χ2n) is 10.9. The topological polar surface area (TPSA) is 76.2 Å². The molecule has 2 unspecified atom stereocenters. The lowest BCUT2D eigenvalue weighted by molar-refractivity contribution is -0.384. The Morgan fingerprint density at radius 1 is 0.955 bits per heavy atom. The lowest BCUT2D eigenvalue weighted by Crippen LogP contribution is -2.29. The van der Waals surface area contributed by atoms with Crippen LogP contribution in [0, 0.1) is 30.9 Å². The van der Waals surface area contributed by atoms with E-state index < -0.39 is 0 Å². The molecule has 1 aliphatic heterocycles. The highest BCUT2D eigenvalue weighted by Gasteiger charge is 2.42. The van der Waals surface area contributed by atoms with Gasteiger partial charge in [-0.3, -0.25) is 15.1 Å². The Morgan fingerprint density at radius 2 is 1.66 bits per heavy atom. The Kier molecular flexibility index (Phi) is 8.25. The van der Waals surface area contributed by atoms with Crippen molar-refractivity contribution in [1.29, 1.82) is 0 Å². The van der Waals surface area contributed by atoms with Crippen molar-refractivity contribution in [1.82, 2.24) is 14.9 Å². The molecule has 0 radical (unpaired) electrons. The third-order valence-electron chi connectivity index (χ3n) is 8.21. The number of pyridine rings is 1. The molecule has 222 valence electrons. The first-order valence-corrected chi connectivity index (χ1v) is 15.8. The fraction of sp³-hybridized carbons (Fsp3) is 0.200. The van der Waals surface area contributed by atoms with Gasteiger partial charge in [-0.2, -0.15) is 0 Å². The molecule has 0 saturated carbocycles. The maximum absolute atomic E-state index is 11.0. The first kappa shape index (κ1) is 29.6. The van der Waals surface area contributed by atoms with Crippen molar-refractivity contribution in [2.45, 2.75) is 56.0 Å². The van der Waals surface area contributed by atoms with Gasteiger partial charge in [0.25, 0.3) is 5.69 Å². The molecule has 3 heterocycles. The van der Waals surface area contributed by atoms with Crippen molar-refractivity contribution in [2.24, 2.45) is 0 Å². The van der Waals surface area contributed by atoms with E-state index in [0.717, 1.165) is 27.6 Å². The summed E-state index contributed by atoms with van der Waals surface area (Å²) in [6.45, 7) is 8.76. The van der Waals surface area contributed by atoms with E-state index in [1.807, 2.05) is 18.3 Å². The van der Waals surface area contributed by atoms with Crippen LogP contribution in [0.15, 0.2) is 107 Å². The number of hydrogen-bond acceptors (Lipinski definition) is 5. The predicted molar refractivity (Wildman–Crippen MR) is 181 cm³/mol. The molecule has 5 aromatic rings. The van der Waals surface area contributed by atoms with E-state index >= 15 is 0 Å². The molecule has 1 N–H and O–H groups in total. The molecule has 6 rings (SSSR count). The van der Waals surface area contributed by atoms with E-state index in [4.69, 9.17) is 17.2 Å². The van der Waals surface area contributed by atoms with Crippen LogP contribution in [-0.2, 0) is 6.42 Å². The molecule has 0 amide bonds. The average Bonchev–Trinajstić information content (AvgIpc) is 3.52. The fourth-order valence-corrected chi connectivity index (χ4v) is 7.31. The molecule has 44 heavy (non-hydrogen) atoms. The van der Waals surface area contributed by atoms with Crippen molar-refractivity contribution < 1.29 is 4.92 Å². The van der Waals surface area contributed by atoms with Gasteiger partial charge in [-0.25, -0.2) is 0 Å². The summed E-state index contributed by atoms with van der Waals surface area (Å²) >= 11 is 7.57. The minimum absolute atomic E-state index is 0.0842. The lowest BCUT2D eigenvalue weighted by atomic mass is 9.96. The number of aromatic nitrogens is 2. The van der Waals surface area contributed by atoms with E-state index in [9.17, 15) is 10.1 Å². The van der Waals surface area contributed by atoms with Crippen LogP contribution in [0.25, 0.3) is 5.69 Å². The first-order valence-electron chi connectivity index (χ1n) is 14.6. The largest absolute Gasteiger partial charge is 0.351 e. The third-order valence-corrected chi connectivity index (χ3v) is 9.54. The second kappa shape index (κ2) is 12.3. The number of aryl methyl sites for hydroxylation is 3. The highest BCUT2D eigenvalue weighted by Crippen LogP contribution is 2.44. The van der Waals surface area contributed by atoms with E-state index in [-0.39, 0.29) is 22.7 Å². The number of nitro benzene ring substituents is 1. The van der Waals surface area contributed by atoms with Crippen LogP contribution in [0.2, 0.25) is 0 Å². The SMILES string of the molecule is CCc1cccc(C)c1-n1c(C)cc(C2C(c3ccccn3)NC(=S)N2c2ccc(Sc3ccc([N+](=O)[O-])cc3)cc2)c1C. The number of anilines is 1. The van der Waals surface area contributed by atoms with Crippen LogP contribution >= 0.6 is 24.0 Å². The summed E-state index contributed by atoms with van der Waals surface area (Å²) in [5, 5.41) is 15.3. The minimum Gasteiger partial charge on any atom is -0.351 e. The third kappa shape index (κ3) is 5.49. The van der Waals surface area contributed by atoms with Gasteiger partial charge in [0, 0.05) is 45.2 Å². The number of rotatable bonds is 8. The number of non-ortho nitro benzene ring substituents is 1. The molecule has 1 saturated heterocycles. The van der Waals surface area contributed by atoms with Crippen molar-refractivity contribution in [3.63, 3.8) is 0 Å². The number of benzene rings is 3. The molecule has 3 aromatic carbocycles. The monoisotopic (exact) mass is 619 g/mol. The van der Waals surface area contributed by atoms with Crippen LogP contribution in [0.3, 0.4) is 0 Å². The summed E-state index contributed by atoms with van der Waals surface area (Å²) in [6.07, 6.45) is 2.78. The highest BCUT2D eigenvalue weighted by atomic mass is 32.2. The molecule has 1 fully saturated rings. The second-order valence-corrected chi connectivity index (χ2v) is 12.5. The smallest absolute Gasteiger partial charge is 0.269 e. The Hall–Kier alpha value is -4.47. The minimum atomic E-state index is -0.383. The summed E-state index contributed by atoms with van der Waals surface area (Å²) in [7, 11) is 0. The van der Waals surface area contributed by atoms with E-state index in [2.05, 4.69) is 97.1 Å². The van der Waals surface area contributed by atoms with Gasteiger partial charge in [-0.15, -0.1) is 0 Å². The van der Waals surface area contributed by atoms with E-state index in [1.54, 1.807) is 23.9 Å². The Morgan fingerprint density at radius 3 is 2.30 bits per heavy atom. The van der Waals surface area contributed by atoms with Crippen molar-refractivity contribution in [2.75, 3.05) is 4.90 Å². The Bertz CT molecular complexity index is 1840. The summed E-state index contributed by atoms with van der Waals surface area (Å²) in [4.78, 5) is 19.6. The van der Waals surface area contributed by atoms with Gasteiger partial charge >= 0.3 is 0 Å². The standard InChI is InChI=1S/C35H33N5O2S2/c1-5-25-10-8-9-22(2)33(25)38-23(3)21-30(24(38)4)34-32(31-11-6-7-20-36-31)37-35(43)39(34)26-12-16-28(17-13-26)44-29-18-14-27(15-19-29)40(41)42/h6-21,32,34H,5H2,1-4H3,(H,37,43). The number of nitro groups is 1. The predicted octanol–water partition coefficient (Wildman–Crippen LogP) is 8.60. The van der Waals surface area contributed by atoms with Crippen LogP contribution in [0.1, 0.15) is 52.8 Å². The van der Waals surface area contributed by atoms with Crippen molar-refractivity contribution >= 4 is 40.5 Å². The molecular weight excluding hydrogens is 587 g/mol. The Labute approximate surface area is 267 Å². The van der Waals surface area contributed by atoms with Gasteiger partial charge in [0.1, 0.15) is 0 Å². The van der Waals surface area contributed by atoms with Gasteiger partial charge < -0.3 is 14.8 Å². The molecule has 2 aromatic heterocycles.